The molecule has 0 radical (unpaired) electrons. The molecule has 0 saturated heterocycles. The Morgan fingerprint density at radius 3 is 2.88 bits per heavy atom. The van der Waals surface area contributed by atoms with E-state index in [0.29, 0.717) is 0 Å². The Hall–Kier alpha value is -0.900. The van der Waals surface area contributed by atoms with Gasteiger partial charge in [-0.3, -0.25) is 4.79 Å². The Morgan fingerprint density at radius 2 is 2.38 bits per heavy atom. The topological polar surface area (TPSA) is 39.4 Å². The molecule has 0 fully saturated rings. The molecule has 0 aliphatic rings. The average Bonchev–Trinajstić information content (AvgIpc) is 2.69. The number of thioether (sulfide) groups is 1. The Balaban J connectivity index is 2.63. The third-order valence-electron chi connectivity index (χ3n) is 2.36. The van der Waals surface area contributed by atoms with Gasteiger partial charge in [-0.05, 0) is 19.4 Å². The van der Waals surface area contributed by atoms with E-state index >= 15 is 0 Å². The van der Waals surface area contributed by atoms with Crippen molar-refractivity contribution < 1.29 is 13.9 Å². The van der Waals surface area contributed by atoms with E-state index in [9.17, 15) is 4.79 Å². The molecule has 0 saturated carbocycles. The summed E-state index contributed by atoms with van der Waals surface area (Å²) < 4.78 is 10.0. The van der Waals surface area contributed by atoms with E-state index in [1.165, 1.54) is 18.9 Å². The van der Waals surface area contributed by atoms with Crippen LogP contribution in [-0.4, -0.2) is 18.3 Å². The maximum atomic E-state index is 11.6. The van der Waals surface area contributed by atoms with E-state index in [1.807, 2.05) is 13.0 Å². The van der Waals surface area contributed by atoms with Crippen LogP contribution < -0.4 is 0 Å². The fourth-order valence-corrected chi connectivity index (χ4v) is 2.53. The van der Waals surface area contributed by atoms with Crippen LogP contribution in [0.15, 0.2) is 21.6 Å². The lowest BCUT2D eigenvalue weighted by atomic mass is 10.2. The van der Waals surface area contributed by atoms with Crippen molar-refractivity contribution in [3.63, 3.8) is 0 Å². The van der Waals surface area contributed by atoms with Crippen molar-refractivity contribution in [3.05, 3.63) is 18.1 Å². The number of hydrogen-bond acceptors (Lipinski definition) is 4. The quantitative estimate of drug-likeness (QED) is 0.566. The summed E-state index contributed by atoms with van der Waals surface area (Å²) in [6.07, 6.45) is 4.60. The second kappa shape index (κ2) is 6.63. The Bertz CT molecular complexity index is 333. The van der Waals surface area contributed by atoms with E-state index < -0.39 is 0 Å². The van der Waals surface area contributed by atoms with Crippen LogP contribution >= 0.6 is 11.8 Å². The first-order valence-electron chi connectivity index (χ1n) is 5.47. The van der Waals surface area contributed by atoms with E-state index in [1.54, 1.807) is 6.26 Å². The fraction of sp³-hybridized carbons (Fsp3) is 0.583. The third-order valence-corrected chi connectivity index (χ3v) is 3.75. The number of carbonyl (C=O) groups excluding carboxylic acids is 1. The summed E-state index contributed by atoms with van der Waals surface area (Å²) >= 11 is 1.53. The van der Waals surface area contributed by atoms with Gasteiger partial charge in [0.1, 0.15) is 11.0 Å². The summed E-state index contributed by atoms with van der Waals surface area (Å²) in [6, 6.07) is 1.89. The molecule has 1 atom stereocenters. The molecular formula is C12H18O3S. The summed E-state index contributed by atoms with van der Waals surface area (Å²) in [6.45, 7) is 4.01. The van der Waals surface area contributed by atoms with Crippen LogP contribution in [0.1, 0.15) is 31.9 Å². The number of unbranched alkanes of at least 4 members (excludes halogenated alkanes) is 1. The molecule has 0 N–H and O–H groups in total. The molecule has 1 aromatic rings. The van der Waals surface area contributed by atoms with Gasteiger partial charge in [0.15, 0.2) is 0 Å². The van der Waals surface area contributed by atoms with Gasteiger partial charge in [-0.15, -0.1) is 11.8 Å². The van der Waals surface area contributed by atoms with Gasteiger partial charge in [-0.2, -0.15) is 0 Å². The lowest BCUT2D eigenvalue weighted by Crippen LogP contribution is -2.18. The zero-order chi connectivity index (χ0) is 12.0. The largest absolute Gasteiger partial charge is 0.468 e. The van der Waals surface area contributed by atoms with Crippen molar-refractivity contribution >= 4 is 17.7 Å². The summed E-state index contributed by atoms with van der Waals surface area (Å²) in [4.78, 5) is 12.6. The van der Waals surface area contributed by atoms with Crippen molar-refractivity contribution in [2.24, 2.45) is 0 Å². The van der Waals surface area contributed by atoms with Gasteiger partial charge < -0.3 is 9.15 Å². The minimum Gasteiger partial charge on any atom is -0.468 e. The molecule has 0 aliphatic carbocycles. The van der Waals surface area contributed by atoms with E-state index in [4.69, 9.17) is 9.15 Å². The van der Waals surface area contributed by atoms with Crippen LogP contribution in [0.2, 0.25) is 0 Å². The van der Waals surface area contributed by atoms with Crippen LogP contribution in [0, 0.1) is 6.92 Å². The van der Waals surface area contributed by atoms with Gasteiger partial charge in [0.05, 0.1) is 13.4 Å². The molecule has 1 rings (SSSR count). The predicted octanol–water partition coefficient (Wildman–Crippen LogP) is 3.41. The first-order chi connectivity index (χ1) is 7.69. The Labute approximate surface area is 101 Å². The van der Waals surface area contributed by atoms with Crippen LogP contribution in [0.25, 0.3) is 0 Å². The fourth-order valence-electron chi connectivity index (χ4n) is 1.39. The second-order valence-electron chi connectivity index (χ2n) is 3.61. The molecule has 3 nitrogen and oxygen atoms in total. The van der Waals surface area contributed by atoms with Crippen LogP contribution in [-0.2, 0) is 9.53 Å². The molecule has 16 heavy (non-hydrogen) atoms. The summed E-state index contributed by atoms with van der Waals surface area (Å²) in [5, 5.41) is -0.124. The van der Waals surface area contributed by atoms with Gasteiger partial charge >= 0.3 is 5.97 Å². The highest BCUT2D eigenvalue weighted by atomic mass is 32.2. The molecule has 0 aromatic carbocycles. The monoisotopic (exact) mass is 242 g/mol. The van der Waals surface area contributed by atoms with Crippen LogP contribution in [0.4, 0.5) is 0 Å². The summed E-state index contributed by atoms with van der Waals surface area (Å²) in [5.74, 6) is 0.703. The molecule has 0 bridgehead atoms. The van der Waals surface area contributed by atoms with Gasteiger partial charge in [0.2, 0.25) is 0 Å². The minimum absolute atomic E-state index is 0.124. The summed E-state index contributed by atoms with van der Waals surface area (Å²) in [5.41, 5.74) is 0. The van der Waals surface area contributed by atoms with Crippen LogP contribution in [0.3, 0.4) is 0 Å². The number of ether oxygens (including phenoxy) is 1. The highest BCUT2D eigenvalue weighted by molar-refractivity contribution is 8.00. The first-order valence-corrected chi connectivity index (χ1v) is 6.35. The number of hydrogen-bond donors (Lipinski definition) is 0. The number of rotatable bonds is 6. The maximum absolute atomic E-state index is 11.6. The minimum atomic E-state index is -0.154. The van der Waals surface area contributed by atoms with Gasteiger partial charge in [0, 0.05) is 4.90 Å². The Kier molecular flexibility index (Phi) is 5.46. The standard InChI is InChI=1S/C12H18O3S/c1-4-5-6-11(12(13)14-3)16-10-7-8-15-9(10)2/h7-8,11H,4-6H2,1-3H3. The highest BCUT2D eigenvalue weighted by Crippen LogP contribution is 2.30. The van der Waals surface area contributed by atoms with E-state index in [2.05, 4.69) is 6.92 Å². The molecule has 1 heterocycles. The lowest BCUT2D eigenvalue weighted by molar-refractivity contribution is -0.140. The van der Waals surface area contributed by atoms with Crippen LogP contribution in [0.5, 0.6) is 0 Å². The van der Waals surface area contributed by atoms with Gasteiger partial charge in [-0.25, -0.2) is 0 Å². The van der Waals surface area contributed by atoms with Crippen molar-refractivity contribution in [1.29, 1.82) is 0 Å². The molecular weight excluding hydrogens is 224 g/mol. The number of carbonyl (C=O) groups is 1. The zero-order valence-electron chi connectivity index (χ0n) is 9.99. The molecule has 0 aliphatic heterocycles. The normalized spacial score (nSPS) is 12.4. The number of methoxy groups -OCH3 is 1. The predicted molar refractivity (Wildman–Crippen MR) is 64.6 cm³/mol. The third kappa shape index (κ3) is 3.59. The SMILES string of the molecule is CCCCC(Sc1ccoc1C)C(=O)OC. The van der Waals surface area contributed by atoms with Crippen molar-refractivity contribution in [3.8, 4) is 0 Å². The maximum Gasteiger partial charge on any atom is 0.319 e. The van der Waals surface area contributed by atoms with E-state index in [-0.39, 0.29) is 11.2 Å². The van der Waals surface area contributed by atoms with Gasteiger partial charge in [-0.1, -0.05) is 19.8 Å². The molecule has 90 valence electrons. The molecule has 4 heteroatoms. The Morgan fingerprint density at radius 1 is 1.62 bits per heavy atom. The van der Waals surface area contributed by atoms with E-state index in [0.717, 1.165) is 29.9 Å². The second-order valence-corrected chi connectivity index (χ2v) is 4.86. The molecule has 0 amide bonds. The number of esters is 1. The average molecular weight is 242 g/mol. The van der Waals surface area contributed by atoms with Crippen molar-refractivity contribution in [2.45, 2.75) is 43.3 Å². The smallest absolute Gasteiger partial charge is 0.319 e. The van der Waals surface area contributed by atoms with Gasteiger partial charge in [0.25, 0.3) is 0 Å². The molecule has 1 aromatic heterocycles. The molecule has 1 unspecified atom stereocenters. The number of aryl methyl sites for hydroxylation is 1. The summed E-state index contributed by atoms with van der Waals surface area (Å²) in [7, 11) is 1.43. The molecule has 0 spiro atoms. The highest BCUT2D eigenvalue weighted by Gasteiger charge is 2.21. The zero-order valence-corrected chi connectivity index (χ0v) is 10.8. The van der Waals surface area contributed by atoms with Crippen molar-refractivity contribution in [1.82, 2.24) is 0 Å². The van der Waals surface area contributed by atoms with Crippen molar-refractivity contribution in [2.75, 3.05) is 7.11 Å². The first kappa shape index (κ1) is 13.2. The number of furan rings is 1. The lowest BCUT2D eigenvalue weighted by Gasteiger charge is -2.12.